The summed E-state index contributed by atoms with van der Waals surface area (Å²) >= 11 is 1.33. The van der Waals surface area contributed by atoms with Gasteiger partial charge < -0.3 is 14.6 Å². The number of aliphatic hydroxyl groups excluding tert-OH is 1. The number of aryl methyl sites for hydroxylation is 2. The normalized spacial score (nSPS) is 17.1. The number of methoxy groups -OCH3 is 2. The maximum absolute atomic E-state index is 13.5. The lowest BCUT2D eigenvalue weighted by molar-refractivity contribution is -0.132. The SMILES string of the molecule is COc1cccc(C(O)=C2C(=O)C(=O)N(c3nc4c(C)cc(C)cc4s3)C2c2ccccc2OC)c1. The monoisotopic (exact) mass is 500 g/mol. The fraction of sp³-hybridized carbons (Fsp3) is 0.179. The summed E-state index contributed by atoms with van der Waals surface area (Å²) in [6, 6.07) is 17.0. The highest BCUT2D eigenvalue weighted by atomic mass is 32.1. The van der Waals surface area contributed by atoms with Crippen molar-refractivity contribution in [2.24, 2.45) is 0 Å². The van der Waals surface area contributed by atoms with Crippen molar-refractivity contribution >= 4 is 44.1 Å². The lowest BCUT2D eigenvalue weighted by atomic mass is 9.94. The van der Waals surface area contributed by atoms with Crippen molar-refractivity contribution in [1.82, 2.24) is 4.98 Å². The number of amides is 1. The second-order valence-electron chi connectivity index (χ2n) is 8.57. The van der Waals surface area contributed by atoms with Crippen molar-refractivity contribution < 1.29 is 24.2 Å². The van der Waals surface area contributed by atoms with E-state index in [0.29, 0.717) is 27.8 Å². The number of nitrogens with zero attached hydrogens (tertiary/aromatic N) is 2. The zero-order valence-electron chi connectivity index (χ0n) is 20.2. The van der Waals surface area contributed by atoms with E-state index in [-0.39, 0.29) is 11.3 Å². The Kier molecular flexibility index (Phi) is 5.97. The summed E-state index contributed by atoms with van der Waals surface area (Å²) in [4.78, 5) is 33.1. The second kappa shape index (κ2) is 9.13. The molecular formula is C28H24N2O5S. The van der Waals surface area contributed by atoms with E-state index in [9.17, 15) is 14.7 Å². The van der Waals surface area contributed by atoms with Crippen molar-refractivity contribution in [3.63, 3.8) is 0 Å². The summed E-state index contributed by atoms with van der Waals surface area (Å²) in [7, 11) is 3.04. The molecule has 1 unspecified atom stereocenters. The maximum Gasteiger partial charge on any atom is 0.301 e. The van der Waals surface area contributed by atoms with Gasteiger partial charge in [-0.3, -0.25) is 14.5 Å². The molecule has 1 N–H and O–H groups in total. The smallest absolute Gasteiger partial charge is 0.301 e. The van der Waals surface area contributed by atoms with Gasteiger partial charge in [-0.15, -0.1) is 0 Å². The number of benzene rings is 3. The number of para-hydroxylation sites is 1. The van der Waals surface area contributed by atoms with E-state index in [4.69, 9.17) is 14.5 Å². The molecule has 1 saturated heterocycles. The minimum absolute atomic E-state index is 0.0371. The van der Waals surface area contributed by atoms with Gasteiger partial charge in [0.05, 0.1) is 30.0 Å². The van der Waals surface area contributed by atoms with E-state index in [1.807, 2.05) is 26.0 Å². The Morgan fingerprint density at radius 1 is 1.00 bits per heavy atom. The Balaban J connectivity index is 1.77. The van der Waals surface area contributed by atoms with Crippen LogP contribution in [0.3, 0.4) is 0 Å². The van der Waals surface area contributed by atoms with Gasteiger partial charge in [-0.05, 0) is 49.2 Å². The number of aromatic nitrogens is 1. The predicted molar refractivity (Wildman–Crippen MR) is 140 cm³/mol. The number of ketones is 1. The molecular weight excluding hydrogens is 476 g/mol. The van der Waals surface area contributed by atoms with Crippen LogP contribution >= 0.6 is 11.3 Å². The molecule has 0 bridgehead atoms. The van der Waals surface area contributed by atoms with E-state index in [2.05, 4.69) is 0 Å². The summed E-state index contributed by atoms with van der Waals surface area (Å²) in [5, 5.41) is 11.8. The molecule has 182 valence electrons. The third-order valence-electron chi connectivity index (χ3n) is 6.25. The number of rotatable bonds is 5. The van der Waals surface area contributed by atoms with Gasteiger partial charge in [0.25, 0.3) is 5.78 Å². The Hall–Kier alpha value is -4.17. The number of aliphatic hydroxyl groups is 1. The van der Waals surface area contributed by atoms with Crippen LogP contribution in [0.1, 0.15) is 28.3 Å². The summed E-state index contributed by atoms with van der Waals surface area (Å²) < 4.78 is 11.8. The summed E-state index contributed by atoms with van der Waals surface area (Å²) in [6.07, 6.45) is 0. The number of thiazole rings is 1. The number of carbonyl (C=O) groups excluding carboxylic acids is 2. The average Bonchev–Trinajstić information content (AvgIpc) is 3.42. The minimum atomic E-state index is -0.936. The summed E-state index contributed by atoms with van der Waals surface area (Å²) in [5.41, 5.74) is 3.73. The first-order valence-electron chi connectivity index (χ1n) is 11.3. The Labute approximate surface area is 212 Å². The van der Waals surface area contributed by atoms with Gasteiger partial charge >= 0.3 is 5.91 Å². The molecule has 36 heavy (non-hydrogen) atoms. The number of hydrogen-bond acceptors (Lipinski definition) is 7. The molecule has 0 aliphatic carbocycles. The minimum Gasteiger partial charge on any atom is -0.507 e. The zero-order valence-corrected chi connectivity index (χ0v) is 21.1. The van der Waals surface area contributed by atoms with Crippen molar-refractivity contribution in [1.29, 1.82) is 0 Å². The van der Waals surface area contributed by atoms with Crippen LogP contribution in [0.25, 0.3) is 16.0 Å². The van der Waals surface area contributed by atoms with Crippen molar-refractivity contribution in [3.05, 3.63) is 88.5 Å². The van der Waals surface area contributed by atoms with Crippen LogP contribution in [0.2, 0.25) is 0 Å². The molecule has 1 aliphatic rings. The van der Waals surface area contributed by atoms with Gasteiger partial charge in [0.2, 0.25) is 0 Å². The van der Waals surface area contributed by atoms with Gasteiger partial charge in [-0.1, -0.05) is 47.7 Å². The molecule has 1 fully saturated rings. The van der Waals surface area contributed by atoms with Crippen LogP contribution in [0.5, 0.6) is 11.5 Å². The summed E-state index contributed by atoms with van der Waals surface area (Å²) in [5.74, 6) is -0.848. The van der Waals surface area contributed by atoms with Gasteiger partial charge in [0.15, 0.2) is 5.13 Å². The number of fused-ring (bicyclic) bond motifs is 1. The molecule has 0 saturated carbocycles. The Morgan fingerprint density at radius 2 is 1.78 bits per heavy atom. The van der Waals surface area contributed by atoms with Crippen LogP contribution in [0.15, 0.2) is 66.2 Å². The van der Waals surface area contributed by atoms with E-state index in [0.717, 1.165) is 21.3 Å². The molecule has 0 radical (unpaired) electrons. The highest BCUT2D eigenvalue weighted by molar-refractivity contribution is 7.22. The first-order valence-corrected chi connectivity index (χ1v) is 12.1. The number of carbonyl (C=O) groups is 2. The van der Waals surface area contributed by atoms with Crippen molar-refractivity contribution in [2.75, 3.05) is 19.1 Å². The molecule has 7 nitrogen and oxygen atoms in total. The van der Waals surface area contributed by atoms with Crippen LogP contribution in [0, 0.1) is 13.8 Å². The average molecular weight is 501 g/mol. The molecule has 1 amide bonds. The Morgan fingerprint density at radius 3 is 2.53 bits per heavy atom. The standard InChI is InChI=1S/C28H24N2O5S/c1-15-12-16(2)23-21(13-15)36-28(29-23)30-24(19-10-5-6-11-20(19)35-4)22(26(32)27(30)33)25(31)17-8-7-9-18(14-17)34-3/h5-14,24,31H,1-4H3. The number of hydrogen-bond donors (Lipinski definition) is 1. The lowest BCUT2D eigenvalue weighted by Gasteiger charge is -2.24. The van der Waals surface area contributed by atoms with Gasteiger partial charge in [0, 0.05) is 11.1 Å². The van der Waals surface area contributed by atoms with Crippen LogP contribution in [0.4, 0.5) is 5.13 Å². The number of anilines is 1. The molecule has 2 heterocycles. The van der Waals surface area contributed by atoms with Crippen molar-refractivity contribution in [3.8, 4) is 11.5 Å². The van der Waals surface area contributed by atoms with E-state index >= 15 is 0 Å². The number of Topliss-reactive ketones (excluding diaryl/α,β-unsaturated/α-hetero) is 1. The quantitative estimate of drug-likeness (QED) is 0.219. The Bertz CT molecular complexity index is 1550. The molecule has 1 atom stereocenters. The van der Waals surface area contributed by atoms with Crippen molar-refractivity contribution in [2.45, 2.75) is 19.9 Å². The molecule has 3 aromatic carbocycles. The predicted octanol–water partition coefficient (Wildman–Crippen LogP) is 5.56. The molecule has 0 spiro atoms. The largest absolute Gasteiger partial charge is 0.507 e. The van der Waals surface area contributed by atoms with Crippen LogP contribution in [-0.4, -0.2) is 36.0 Å². The highest BCUT2D eigenvalue weighted by Crippen LogP contribution is 2.46. The third kappa shape index (κ3) is 3.79. The first kappa shape index (κ1) is 23.6. The topological polar surface area (TPSA) is 89.0 Å². The van der Waals surface area contributed by atoms with Gasteiger partial charge in [0.1, 0.15) is 23.3 Å². The fourth-order valence-corrected chi connectivity index (χ4v) is 5.77. The van der Waals surface area contributed by atoms with E-state index < -0.39 is 17.7 Å². The maximum atomic E-state index is 13.5. The highest BCUT2D eigenvalue weighted by Gasteiger charge is 2.49. The third-order valence-corrected chi connectivity index (χ3v) is 7.25. The van der Waals surface area contributed by atoms with Crippen LogP contribution < -0.4 is 14.4 Å². The zero-order chi connectivity index (χ0) is 25.6. The van der Waals surface area contributed by atoms with Gasteiger partial charge in [-0.25, -0.2) is 4.98 Å². The van der Waals surface area contributed by atoms with Crippen LogP contribution in [-0.2, 0) is 9.59 Å². The summed E-state index contributed by atoms with van der Waals surface area (Å²) in [6.45, 7) is 3.97. The molecule has 5 rings (SSSR count). The molecule has 1 aromatic heterocycles. The molecule has 1 aliphatic heterocycles. The second-order valence-corrected chi connectivity index (χ2v) is 9.58. The molecule has 8 heteroatoms. The van der Waals surface area contributed by atoms with E-state index in [1.54, 1.807) is 48.5 Å². The van der Waals surface area contributed by atoms with E-state index in [1.165, 1.54) is 30.5 Å². The number of ether oxygens (including phenoxy) is 2. The van der Waals surface area contributed by atoms with Gasteiger partial charge in [-0.2, -0.15) is 0 Å². The lowest BCUT2D eigenvalue weighted by Crippen LogP contribution is -2.29. The molecule has 4 aromatic rings. The fourth-order valence-electron chi connectivity index (χ4n) is 4.60. The first-order chi connectivity index (χ1) is 17.3.